The van der Waals surface area contributed by atoms with Gasteiger partial charge in [-0.25, -0.2) is 0 Å². The first kappa shape index (κ1) is 45.0. The molecule has 4 aliphatic heterocycles. The van der Waals surface area contributed by atoms with Crippen LogP contribution in [0.3, 0.4) is 0 Å². The highest BCUT2D eigenvalue weighted by molar-refractivity contribution is 5.68. The Hall–Kier alpha value is -2.55. The van der Waals surface area contributed by atoms with Crippen LogP contribution >= 0.6 is 0 Å². The molecule has 342 valence electrons. The van der Waals surface area contributed by atoms with E-state index in [4.69, 9.17) is 42.6 Å². The van der Waals surface area contributed by atoms with Gasteiger partial charge < -0.3 is 68.2 Å². The lowest BCUT2D eigenvalue weighted by Gasteiger charge is -2.60. The summed E-state index contributed by atoms with van der Waals surface area (Å²) in [5.74, 6) is -3.03. The van der Waals surface area contributed by atoms with Crippen LogP contribution in [0.2, 0.25) is 0 Å². The van der Waals surface area contributed by atoms with E-state index < -0.39 is 109 Å². The molecule has 8 aliphatic rings. The fraction of sp³-hybridized carbons (Fsp3) is 0.841. The second kappa shape index (κ2) is 16.5. The van der Waals surface area contributed by atoms with Crippen molar-refractivity contribution in [3.8, 4) is 0 Å². The zero-order chi connectivity index (χ0) is 44.1. The van der Waals surface area contributed by atoms with E-state index in [-0.39, 0.29) is 60.7 Å². The van der Waals surface area contributed by atoms with Gasteiger partial charge in [-0.2, -0.15) is 0 Å². The van der Waals surface area contributed by atoms with Crippen molar-refractivity contribution in [2.75, 3.05) is 13.2 Å². The first-order valence-electron chi connectivity index (χ1n) is 21.9. The van der Waals surface area contributed by atoms with E-state index in [1.807, 2.05) is 0 Å². The third-order valence-electron chi connectivity index (χ3n) is 16.0. The number of hydrogen-bond donors (Lipinski definition) is 5. The molecule has 1 spiro atoms. The second-order valence-corrected chi connectivity index (χ2v) is 19.4. The molecule has 7 fully saturated rings. The molecule has 8 rings (SSSR count). The molecule has 0 aromatic heterocycles. The molecular formula is C44H64O17. The van der Waals surface area contributed by atoms with E-state index in [9.17, 15) is 39.9 Å². The molecule has 4 saturated heterocycles. The van der Waals surface area contributed by atoms with Crippen LogP contribution in [0.4, 0.5) is 0 Å². The van der Waals surface area contributed by atoms with Crippen LogP contribution < -0.4 is 0 Å². The summed E-state index contributed by atoms with van der Waals surface area (Å²) < 4.78 is 55.0. The fourth-order valence-electron chi connectivity index (χ4n) is 13.3. The molecule has 3 saturated carbocycles. The first-order valence-corrected chi connectivity index (χ1v) is 21.9. The van der Waals surface area contributed by atoms with Gasteiger partial charge in [-0.1, -0.05) is 39.0 Å². The lowest BCUT2D eigenvalue weighted by atomic mass is 9.46. The quantitative estimate of drug-likeness (QED) is 0.139. The highest BCUT2D eigenvalue weighted by atomic mass is 16.8. The number of allylic oxidation sites excluding steroid dienone is 1. The van der Waals surface area contributed by atoms with Gasteiger partial charge in [-0.05, 0) is 73.7 Å². The number of hydrogen-bond acceptors (Lipinski definition) is 17. The first-order chi connectivity index (χ1) is 28.7. The number of rotatable bonds is 7. The largest absolute Gasteiger partial charge is 0.456 e. The minimum Gasteiger partial charge on any atom is -0.456 e. The molecular weight excluding hydrogens is 800 g/mol. The average Bonchev–Trinajstić information content (AvgIpc) is 3.64. The molecule has 5 N–H and O–H groups in total. The van der Waals surface area contributed by atoms with Crippen molar-refractivity contribution in [2.24, 2.45) is 40.4 Å². The summed E-state index contributed by atoms with van der Waals surface area (Å²) in [6, 6.07) is 0. The van der Waals surface area contributed by atoms with Crippen LogP contribution in [0.1, 0.15) is 87.0 Å². The normalized spacial score (nSPS) is 51.6. The van der Waals surface area contributed by atoms with Crippen molar-refractivity contribution < 1.29 is 82.5 Å². The Kier molecular flexibility index (Phi) is 12.2. The molecule has 61 heavy (non-hydrogen) atoms. The average molecular weight is 865 g/mol. The Morgan fingerprint density at radius 2 is 1.52 bits per heavy atom. The molecule has 4 aliphatic carbocycles. The summed E-state index contributed by atoms with van der Waals surface area (Å²) in [5.41, 5.74) is 0.786. The predicted octanol–water partition coefficient (Wildman–Crippen LogP) is 1.57. The van der Waals surface area contributed by atoms with Crippen LogP contribution in [0, 0.1) is 40.4 Å². The number of carbonyl (C=O) groups excluding carboxylic acids is 3. The van der Waals surface area contributed by atoms with Gasteiger partial charge in [-0.15, -0.1) is 0 Å². The number of carbonyl (C=O) groups is 3. The third-order valence-corrected chi connectivity index (χ3v) is 16.0. The van der Waals surface area contributed by atoms with Gasteiger partial charge in [0.15, 0.2) is 30.9 Å². The van der Waals surface area contributed by atoms with Crippen LogP contribution in [0.15, 0.2) is 23.8 Å². The molecule has 0 aromatic rings. The summed E-state index contributed by atoms with van der Waals surface area (Å²) in [6.45, 7) is 15.3. The summed E-state index contributed by atoms with van der Waals surface area (Å²) in [5, 5.41) is 55.8. The van der Waals surface area contributed by atoms with Gasteiger partial charge in [0.1, 0.15) is 30.5 Å². The van der Waals surface area contributed by atoms with Crippen molar-refractivity contribution in [3.05, 3.63) is 23.8 Å². The zero-order valence-corrected chi connectivity index (χ0v) is 36.0. The summed E-state index contributed by atoms with van der Waals surface area (Å²) in [6.07, 6.45) is -9.83. The Balaban J connectivity index is 1.05. The number of aliphatic hydroxyl groups is 5. The Morgan fingerprint density at radius 1 is 0.852 bits per heavy atom. The van der Waals surface area contributed by atoms with Gasteiger partial charge >= 0.3 is 17.9 Å². The molecule has 4 heterocycles. The summed E-state index contributed by atoms with van der Waals surface area (Å²) in [4.78, 5) is 36.8. The van der Waals surface area contributed by atoms with Gasteiger partial charge in [0.05, 0.1) is 37.6 Å². The predicted molar refractivity (Wildman–Crippen MR) is 208 cm³/mol. The molecule has 0 aromatic carbocycles. The highest BCUT2D eigenvalue weighted by Gasteiger charge is 2.72. The highest BCUT2D eigenvalue weighted by Crippen LogP contribution is 2.71. The Labute approximate surface area is 355 Å². The maximum absolute atomic E-state index is 12.4. The van der Waals surface area contributed by atoms with Gasteiger partial charge in [0.25, 0.3) is 0 Å². The van der Waals surface area contributed by atoms with Crippen molar-refractivity contribution in [3.63, 3.8) is 0 Å². The molecule has 17 heteroatoms. The van der Waals surface area contributed by atoms with Crippen LogP contribution in [-0.2, 0) is 57.0 Å². The van der Waals surface area contributed by atoms with E-state index in [2.05, 4.69) is 33.4 Å². The Morgan fingerprint density at radius 3 is 2.21 bits per heavy atom. The zero-order valence-electron chi connectivity index (χ0n) is 36.0. The number of ether oxygens (including phenoxy) is 9. The van der Waals surface area contributed by atoms with E-state index in [0.29, 0.717) is 12.0 Å². The maximum atomic E-state index is 12.4. The van der Waals surface area contributed by atoms with E-state index in [1.54, 1.807) is 6.92 Å². The molecule has 17 nitrogen and oxygen atoms in total. The van der Waals surface area contributed by atoms with Crippen LogP contribution in [0.25, 0.3) is 0 Å². The molecule has 0 unspecified atom stereocenters. The smallest absolute Gasteiger partial charge is 0.303 e. The van der Waals surface area contributed by atoms with E-state index in [1.165, 1.54) is 6.92 Å². The maximum Gasteiger partial charge on any atom is 0.303 e. The SMILES string of the molecule is C=C1CO[C@@]2(O[C@H]3C[C@H]4[C@@H]5CC=C6C[C@@H](O)C[C@@H](O[C@@H]7OC[C@H](O)[C@H](O)[C@H]7O[C@@H]7O[C@@H](C)[C@H](OC(C)=O)[C@@H](OC(C)=O)[C@H]7OC(C)=O)[C@]6(C)[C@H]5CC[C@]4(C)[C@H]3[C@@H]2C)[C@@H](O)[C@H]1O. The lowest BCUT2D eigenvalue weighted by molar-refractivity contribution is -0.363. The number of aliphatic hydroxyl groups excluding tert-OH is 5. The topological polar surface area (TPSA) is 235 Å². The fourth-order valence-corrected chi connectivity index (χ4v) is 13.3. The molecule has 0 radical (unpaired) electrons. The van der Waals surface area contributed by atoms with E-state index in [0.717, 1.165) is 45.1 Å². The second-order valence-electron chi connectivity index (χ2n) is 19.4. The van der Waals surface area contributed by atoms with Crippen molar-refractivity contribution in [1.29, 1.82) is 0 Å². The monoisotopic (exact) mass is 864 g/mol. The summed E-state index contributed by atoms with van der Waals surface area (Å²) >= 11 is 0. The Bertz CT molecular complexity index is 1750. The minimum atomic E-state index is -1.58. The number of fused-ring (bicyclic) bond motifs is 7. The lowest BCUT2D eigenvalue weighted by Crippen LogP contribution is -2.65. The molecule has 0 amide bonds. The molecule has 22 atom stereocenters. The van der Waals surface area contributed by atoms with E-state index >= 15 is 0 Å². The van der Waals surface area contributed by atoms with Gasteiger partial charge in [-0.3, -0.25) is 14.4 Å². The molecule has 0 bridgehead atoms. The van der Waals surface area contributed by atoms with Gasteiger partial charge in [0.2, 0.25) is 5.79 Å². The summed E-state index contributed by atoms with van der Waals surface area (Å²) in [7, 11) is 0. The minimum absolute atomic E-state index is 0.0804. The van der Waals surface area contributed by atoms with Gasteiger partial charge in [0, 0.05) is 38.5 Å². The number of esters is 3. The van der Waals surface area contributed by atoms with Crippen LogP contribution in [-0.4, -0.2) is 148 Å². The third kappa shape index (κ3) is 7.40. The van der Waals surface area contributed by atoms with Crippen LogP contribution in [0.5, 0.6) is 0 Å². The standard InChI is InChI=1S/C44H64O17/c1-18-16-54-44(39(52)33(18)50)19(2)32-30(61-44)15-28-26-10-9-24-13-25(48)14-31(43(24,8)27(26)11-12-42(28,32)7)59-40-36(34(51)29(49)17-53-40)60-41-38(58-23(6)47)37(57-22(5)46)35(20(3)55-41)56-21(4)45/h9,19-20,25-41,48-52H,1,10-17H2,2-8H3/t19-,20-,25+,26+,27-,28-,29-,30-,31+,32-,33-,34-,35-,36+,37+,38+,39-,40-,41-,42-,43-,44-/m0/s1. The van der Waals surface area contributed by atoms with Crippen molar-refractivity contribution >= 4 is 17.9 Å². The van der Waals surface area contributed by atoms with Crippen molar-refractivity contribution in [1.82, 2.24) is 0 Å². The van der Waals surface area contributed by atoms with Crippen molar-refractivity contribution in [2.45, 2.75) is 179 Å².